The molecular weight excluding hydrogens is 244 g/mol. The Labute approximate surface area is 120 Å². The fraction of sp³-hybridized carbons (Fsp3) is 0.444. The Morgan fingerprint density at radius 3 is 2.70 bits per heavy atom. The summed E-state index contributed by atoms with van der Waals surface area (Å²) in [6, 6.07) is 14.0. The topological polar surface area (TPSA) is 15.3 Å². The van der Waals surface area contributed by atoms with E-state index in [9.17, 15) is 0 Å². The van der Waals surface area contributed by atoms with Gasteiger partial charge in [0.25, 0.3) is 0 Å². The highest BCUT2D eigenvalue weighted by molar-refractivity contribution is 6.04. The van der Waals surface area contributed by atoms with Crippen LogP contribution < -0.4 is 10.2 Å². The molecule has 1 N–H and O–H groups in total. The molecule has 1 saturated carbocycles. The van der Waals surface area contributed by atoms with Gasteiger partial charge in [0.1, 0.15) is 0 Å². The molecule has 0 amide bonds. The molecule has 0 bridgehead atoms. The minimum atomic E-state index is 0.690. The summed E-state index contributed by atoms with van der Waals surface area (Å²) >= 11 is 0. The van der Waals surface area contributed by atoms with Gasteiger partial charge in [0.05, 0.1) is 6.67 Å². The number of hydrogen-bond donors (Lipinski definition) is 1. The number of nitrogens with one attached hydrogen (secondary N) is 1. The molecule has 0 spiro atoms. The molecule has 4 rings (SSSR count). The van der Waals surface area contributed by atoms with Crippen LogP contribution in [-0.2, 0) is 0 Å². The van der Waals surface area contributed by atoms with Gasteiger partial charge in [-0.3, -0.25) is 0 Å². The van der Waals surface area contributed by atoms with Crippen LogP contribution in [0.4, 0.5) is 11.4 Å². The van der Waals surface area contributed by atoms with E-state index in [1.807, 2.05) is 0 Å². The van der Waals surface area contributed by atoms with Crippen LogP contribution >= 0.6 is 0 Å². The summed E-state index contributed by atoms with van der Waals surface area (Å²) in [5.74, 6) is 0.797. The van der Waals surface area contributed by atoms with Crippen molar-refractivity contribution in [1.82, 2.24) is 0 Å². The number of rotatable bonds is 1. The average Bonchev–Trinajstić information content (AvgIpc) is 2.49. The van der Waals surface area contributed by atoms with Crippen LogP contribution in [0.2, 0.25) is 0 Å². The Bertz CT molecular complexity index is 629. The largest absolute Gasteiger partial charge is 0.367 e. The molecule has 2 nitrogen and oxygen atoms in total. The quantitative estimate of drug-likeness (QED) is 0.811. The van der Waals surface area contributed by atoms with Gasteiger partial charge < -0.3 is 10.2 Å². The van der Waals surface area contributed by atoms with E-state index in [4.69, 9.17) is 0 Å². The van der Waals surface area contributed by atoms with Crippen molar-refractivity contribution in [3.63, 3.8) is 0 Å². The zero-order chi connectivity index (χ0) is 13.5. The van der Waals surface area contributed by atoms with E-state index in [0.717, 1.165) is 12.6 Å². The van der Waals surface area contributed by atoms with Gasteiger partial charge >= 0.3 is 0 Å². The van der Waals surface area contributed by atoms with Crippen molar-refractivity contribution in [1.29, 1.82) is 0 Å². The highest BCUT2D eigenvalue weighted by Crippen LogP contribution is 2.40. The summed E-state index contributed by atoms with van der Waals surface area (Å²) in [6.45, 7) is 3.37. The molecule has 1 aliphatic heterocycles. The summed E-state index contributed by atoms with van der Waals surface area (Å²) in [4.78, 5) is 2.61. The van der Waals surface area contributed by atoms with Crippen molar-refractivity contribution < 1.29 is 0 Å². The molecule has 1 fully saturated rings. The lowest BCUT2D eigenvalue weighted by Gasteiger charge is -2.43. The summed E-state index contributed by atoms with van der Waals surface area (Å²) in [5.41, 5.74) is 2.72. The van der Waals surface area contributed by atoms with E-state index in [2.05, 4.69) is 53.5 Å². The molecule has 2 atom stereocenters. The fourth-order valence-electron chi connectivity index (χ4n) is 4.02. The first kappa shape index (κ1) is 12.1. The molecule has 104 valence electrons. The molecule has 2 aliphatic rings. The highest BCUT2D eigenvalue weighted by atomic mass is 15.3. The SMILES string of the molecule is CC1CCCCC1N1CNc2cccc3cccc1c23. The summed E-state index contributed by atoms with van der Waals surface area (Å²) in [6.07, 6.45) is 5.49. The lowest BCUT2D eigenvalue weighted by Crippen LogP contribution is -2.45. The van der Waals surface area contributed by atoms with Crippen LogP contribution in [0.3, 0.4) is 0 Å². The zero-order valence-corrected chi connectivity index (χ0v) is 12.1. The van der Waals surface area contributed by atoms with E-state index < -0.39 is 0 Å². The fourth-order valence-corrected chi connectivity index (χ4v) is 4.02. The first-order chi connectivity index (χ1) is 9.84. The second kappa shape index (κ2) is 4.69. The predicted molar refractivity (Wildman–Crippen MR) is 86.3 cm³/mol. The van der Waals surface area contributed by atoms with Gasteiger partial charge in [-0.1, -0.05) is 44.0 Å². The molecule has 0 saturated heterocycles. The lowest BCUT2D eigenvalue weighted by molar-refractivity contribution is 0.316. The van der Waals surface area contributed by atoms with Gasteiger partial charge in [-0.2, -0.15) is 0 Å². The maximum atomic E-state index is 3.62. The van der Waals surface area contributed by atoms with Gasteiger partial charge in [0, 0.05) is 22.8 Å². The Morgan fingerprint density at radius 1 is 1.05 bits per heavy atom. The van der Waals surface area contributed by atoms with Crippen molar-refractivity contribution in [3.8, 4) is 0 Å². The second-order valence-electron chi connectivity index (χ2n) is 6.31. The van der Waals surface area contributed by atoms with Crippen molar-refractivity contribution >= 4 is 22.1 Å². The smallest absolute Gasteiger partial charge is 0.0879 e. The highest BCUT2D eigenvalue weighted by Gasteiger charge is 2.30. The maximum Gasteiger partial charge on any atom is 0.0879 e. The number of benzene rings is 2. The average molecular weight is 266 g/mol. The monoisotopic (exact) mass is 266 g/mol. The molecule has 0 aromatic heterocycles. The molecular formula is C18H22N2. The third-order valence-corrected chi connectivity index (χ3v) is 5.10. The van der Waals surface area contributed by atoms with Crippen molar-refractivity contribution in [2.45, 2.75) is 38.6 Å². The van der Waals surface area contributed by atoms with E-state index in [1.165, 1.54) is 47.8 Å². The predicted octanol–water partition coefficient (Wildman–Crippen LogP) is 4.61. The van der Waals surface area contributed by atoms with E-state index in [0.29, 0.717) is 6.04 Å². The minimum Gasteiger partial charge on any atom is -0.367 e. The van der Waals surface area contributed by atoms with Gasteiger partial charge in [0.2, 0.25) is 0 Å². The molecule has 2 unspecified atom stereocenters. The number of anilines is 2. The zero-order valence-electron chi connectivity index (χ0n) is 12.1. The van der Waals surface area contributed by atoms with Crippen LogP contribution in [-0.4, -0.2) is 12.7 Å². The molecule has 0 radical (unpaired) electrons. The van der Waals surface area contributed by atoms with Gasteiger partial charge in [-0.05, 0) is 36.3 Å². The Morgan fingerprint density at radius 2 is 1.85 bits per heavy atom. The molecule has 1 aliphatic carbocycles. The van der Waals surface area contributed by atoms with Crippen LogP contribution in [0.1, 0.15) is 32.6 Å². The van der Waals surface area contributed by atoms with Gasteiger partial charge in [-0.15, -0.1) is 0 Å². The van der Waals surface area contributed by atoms with E-state index in [1.54, 1.807) is 0 Å². The van der Waals surface area contributed by atoms with E-state index in [-0.39, 0.29) is 0 Å². The van der Waals surface area contributed by atoms with Crippen molar-refractivity contribution in [3.05, 3.63) is 36.4 Å². The maximum absolute atomic E-state index is 3.62. The van der Waals surface area contributed by atoms with Crippen molar-refractivity contribution in [2.24, 2.45) is 5.92 Å². The van der Waals surface area contributed by atoms with E-state index >= 15 is 0 Å². The minimum absolute atomic E-state index is 0.690. The number of hydrogen-bond acceptors (Lipinski definition) is 2. The third-order valence-electron chi connectivity index (χ3n) is 5.10. The van der Waals surface area contributed by atoms with Crippen LogP contribution in [0.5, 0.6) is 0 Å². The normalized spacial score (nSPS) is 25.6. The second-order valence-corrected chi connectivity index (χ2v) is 6.31. The standard InChI is InChI=1S/C18H22N2/c1-13-6-2-3-10-16(13)20-12-19-15-9-4-7-14-8-5-11-17(20)18(14)15/h4-5,7-9,11,13,16,19H,2-3,6,10,12H2,1H3. The molecule has 20 heavy (non-hydrogen) atoms. The third kappa shape index (κ3) is 1.78. The van der Waals surface area contributed by atoms with Crippen LogP contribution in [0.25, 0.3) is 10.8 Å². The first-order valence-electron chi connectivity index (χ1n) is 7.87. The Kier molecular flexibility index (Phi) is 2.83. The summed E-state index contributed by atoms with van der Waals surface area (Å²) in [7, 11) is 0. The van der Waals surface area contributed by atoms with Gasteiger partial charge in [0.15, 0.2) is 0 Å². The summed E-state index contributed by atoms with van der Waals surface area (Å²) < 4.78 is 0. The molecule has 2 aromatic rings. The molecule has 2 aromatic carbocycles. The summed E-state index contributed by atoms with van der Waals surface area (Å²) in [5, 5.41) is 6.37. The Hall–Kier alpha value is -1.70. The first-order valence-corrected chi connectivity index (χ1v) is 7.87. The molecule has 1 heterocycles. The van der Waals surface area contributed by atoms with Crippen molar-refractivity contribution in [2.75, 3.05) is 16.9 Å². The van der Waals surface area contributed by atoms with Gasteiger partial charge in [-0.25, -0.2) is 0 Å². The van der Waals surface area contributed by atoms with Crippen LogP contribution in [0, 0.1) is 5.92 Å². The lowest BCUT2D eigenvalue weighted by atomic mass is 9.84. The Balaban J connectivity index is 1.83. The van der Waals surface area contributed by atoms with Crippen LogP contribution in [0.15, 0.2) is 36.4 Å². The number of nitrogens with zero attached hydrogens (tertiary/aromatic N) is 1. The molecule has 2 heteroatoms.